The van der Waals surface area contributed by atoms with Crippen LogP contribution in [0.15, 0.2) is 54.6 Å². The molecule has 0 saturated carbocycles. The van der Waals surface area contributed by atoms with Crippen molar-refractivity contribution in [3.63, 3.8) is 0 Å². The molecule has 5 heteroatoms. The molecular formula is C18H14Cl2N2O. The van der Waals surface area contributed by atoms with E-state index < -0.39 is 0 Å². The van der Waals surface area contributed by atoms with Crippen LogP contribution in [-0.2, 0) is 6.54 Å². The molecule has 3 nitrogen and oxygen atoms in total. The molecule has 0 N–H and O–H groups in total. The molecular weight excluding hydrogens is 331 g/mol. The van der Waals surface area contributed by atoms with Crippen LogP contribution in [0.2, 0.25) is 10.2 Å². The smallest absolute Gasteiger partial charge is 0.254 e. The van der Waals surface area contributed by atoms with Gasteiger partial charge in [-0.1, -0.05) is 53.5 Å². The first-order valence-corrected chi connectivity index (χ1v) is 7.85. The molecule has 3 rings (SSSR count). The lowest BCUT2D eigenvalue weighted by molar-refractivity contribution is 0.0787. The minimum Gasteiger partial charge on any atom is -0.337 e. The largest absolute Gasteiger partial charge is 0.337 e. The van der Waals surface area contributed by atoms with Crippen LogP contribution in [0.5, 0.6) is 0 Å². The molecule has 2 aromatic carbocycles. The summed E-state index contributed by atoms with van der Waals surface area (Å²) in [7, 11) is 1.76. The number of carbonyl (C=O) groups excluding carboxylic acids is 1. The monoisotopic (exact) mass is 344 g/mol. The molecule has 1 amide bonds. The molecule has 0 unspecified atom stereocenters. The van der Waals surface area contributed by atoms with Gasteiger partial charge < -0.3 is 4.90 Å². The van der Waals surface area contributed by atoms with E-state index in [1.165, 1.54) is 0 Å². The Kier molecular flexibility index (Phi) is 4.51. The van der Waals surface area contributed by atoms with Crippen LogP contribution >= 0.6 is 23.2 Å². The van der Waals surface area contributed by atoms with Crippen LogP contribution in [0.1, 0.15) is 15.9 Å². The standard InChI is InChI=1S/C18H14Cl2N2O/c1-22(11-12-5-4-6-13(19)9-12)18(23)15-10-17(20)21-16-8-3-2-7-14(15)16/h2-10H,11H2,1H3. The molecule has 1 aromatic heterocycles. The average molecular weight is 345 g/mol. The van der Waals surface area contributed by atoms with Crippen molar-refractivity contribution in [2.75, 3.05) is 7.05 Å². The number of fused-ring (bicyclic) bond motifs is 1. The number of halogens is 2. The van der Waals surface area contributed by atoms with E-state index in [0.717, 1.165) is 10.9 Å². The fraction of sp³-hybridized carbons (Fsp3) is 0.111. The predicted octanol–water partition coefficient (Wildman–Crippen LogP) is 4.81. The number of amides is 1. The first-order chi connectivity index (χ1) is 11.0. The van der Waals surface area contributed by atoms with Gasteiger partial charge in [-0.15, -0.1) is 0 Å². The van der Waals surface area contributed by atoms with Crippen molar-refractivity contribution < 1.29 is 4.79 Å². The summed E-state index contributed by atoms with van der Waals surface area (Å²) < 4.78 is 0. The molecule has 1 heterocycles. The number of pyridine rings is 1. The highest BCUT2D eigenvalue weighted by atomic mass is 35.5. The molecule has 0 bridgehead atoms. The first kappa shape index (κ1) is 15.8. The van der Waals surface area contributed by atoms with Crippen LogP contribution < -0.4 is 0 Å². The number of rotatable bonds is 3. The van der Waals surface area contributed by atoms with Crippen molar-refractivity contribution >= 4 is 40.0 Å². The summed E-state index contributed by atoms with van der Waals surface area (Å²) in [6, 6.07) is 16.5. The van der Waals surface area contributed by atoms with E-state index in [2.05, 4.69) is 4.98 Å². The van der Waals surface area contributed by atoms with E-state index >= 15 is 0 Å². The molecule has 0 radical (unpaired) electrons. The molecule has 23 heavy (non-hydrogen) atoms. The Morgan fingerprint density at radius 1 is 1.09 bits per heavy atom. The van der Waals surface area contributed by atoms with Crippen molar-refractivity contribution in [2.45, 2.75) is 6.54 Å². The lowest BCUT2D eigenvalue weighted by Gasteiger charge is -2.18. The Bertz CT molecular complexity index is 880. The van der Waals surface area contributed by atoms with E-state index in [4.69, 9.17) is 23.2 Å². The lowest BCUT2D eigenvalue weighted by atomic mass is 10.1. The van der Waals surface area contributed by atoms with Gasteiger partial charge in [0.15, 0.2) is 0 Å². The number of hydrogen-bond acceptors (Lipinski definition) is 2. The highest BCUT2D eigenvalue weighted by Gasteiger charge is 2.16. The highest BCUT2D eigenvalue weighted by molar-refractivity contribution is 6.31. The van der Waals surface area contributed by atoms with Crippen LogP contribution in [-0.4, -0.2) is 22.8 Å². The third-order valence-electron chi connectivity index (χ3n) is 3.57. The molecule has 0 aliphatic rings. The zero-order chi connectivity index (χ0) is 16.4. The first-order valence-electron chi connectivity index (χ1n) is 7.10. The predicted molar refractivity (Wildman–Crippen MR) is 94.0 cm³/mol. The molecule has 0 aliphatic heterocycles. The number of aromatic nitrogens is 1. The number of para-hydroxylation sites is 1. The summed E-state index contributed by atoms with van der Waals surface area (Å²) in [6.45, 7) is 0.466. The third-order valence-corrected chi connectivity index (χ3v) is 4.00. The van der Waals surface area contributed by atoms with E-state index in [1.54, 1.807) is 18.0 Å². The maximum atomic E-state index is 12.8. The molecule has 0 saturated heterocycles. The molecule has 3 aromatic rings. The average Bonchev–Trinajstić information content (AvgIpc) is 2.53. The van der Waals surface area contributed by atoms with Crippen molar-refractivity contribution in [3.05, 3.63) is 75.9 Å². The molecule has 0 aliphatic carbocycles. The molecule has 116 valence electrons. The SMILES string of the molecule is CN(Cc1cccc(Cl)c1)C(=O)c1cc(Cl)nc2ccccc12. The van der Waals surface area contributed by atoms with Gasteiger partial charge in [0.25, 0.3) is 5.91 Å². The maximum Gasteiger partial charge on any atom is 0.254 e. The van der Waals surface area contributed by atoms with Crippen LogP contribution in [0, 0.1) is 0 Å². The van der Waals surface area contributed by atoms with Gasteiger partial charge in [0.1, 0.15) is 5.15 Å². The number of nitrogens with zero attached hydrogens (tertiary/aromatic N) is 2. The van der Waals surface area contributed by atoms with E-state index in [-0.39, 0.29) is 5.91 Å². The van der Waals surface area contributed by atoms with Crippen LogP contribution in [0.4, 0.5) is 0 Å². The number of hydrogen-bond donors (Lipinski definition) is 0. The van der Waals surface area contributed by atoms with Gasteiger partial charge in [0.05, 0.1) is 11.1 Å². The normalized spacial score (nSPS) is 10.7. The van der Waals surface area contributed by atoms with Gasteiger partial charge in [-0.25, -0.2) is 4.98 Å². The fourth-order valence-electron chi connectivity index (χ4n) is 2.51. The number of benzene rings is 2. The molecule has 0 spiro atoms. The van der Waals surface area contributed by atoms with Crippen molar-refractivity contribution in [3.8, 4) is 0 Å². The molecule has 0 fully saturated rings. The summed E-state index contributed by atoms with van der Waals surface area (Å²) in [5, 5.41) is 1.75. The zero-order valence-electron chi connectivity index (χ0n) is 12.5. The summed E-state index contributed by atoms with van der Waals surface area (Å²) in [5.41, 5.74) is 2.22. The van der Waals surface area contributed by atoms with E-state index in [0.29, 0.717) is 27.8 Å². The van der Waals surface area contributed by atoms with Crippen molar-refractivity contribution in [2.24, 2.45) is 0 Å². The molecule has 0 atom stereocenters. The van der Waals surface area contributed by atoms with Gasteiger partial charge in [-0.3, -0.25) is 4.79 Å². The summed E-state index contributed by atoms with van der Waals surface area (Å²) in [5.74, 6) is -0.106. The minimum absolute atomic E-state index is 0.106. The van der Waals surface area contributed by atoms with Gasteiger partial charge in [0, 0.05) is 24.0 Å². The Labute approximate surface area is 144 Å². The summed E-state index contributed by atoms with van der Waals surface area (Å²) in [6.07, 6.45) is 0. The Hall–Kier alpha value is -2.10. The topological polar surface area (TPSA) is 33.2 Å². The van der Waals surface area contributed by atoms with Gasteiger partial charge in [-0.2, -0.15) is 0 Å². The van der Waals surface area contributed by atoms with Gasteiger partial charge in [0.2, 0.25) is 0 Å². The van der Waals surface area contributed by atoms with Gasteiger partial charge in [-0.05, 0) is 29.8 Å². The maximum absolute atomic E-state index is 12.8. The van der Waals surface area contributed by atoms with Crippen LogP contribution in [0.3, 0.4) is 0 Å². The van der Waals surface area contributed by atoms with E-state index in [1.807, 2.05) is 48.5 Å². The third kappa shape index (κ3) is 3.46. The van der Waals surface area contributed by atoms with Crippen LogP contribution in [0.25, 0.3) is 10.9 Å². The second-order valence-corrected chi connectivity index (χ2v) is 6.12. The number of carbonyl (C=O) groups is 1. The Morgan fingerprint density at radius 3 is 2.65 bits per heavy atom. The van der Waals surface area contributed by atoms with Crippen molar-refractivity contribution in [1.29, 1.82) is 0 Å². The second-order valence-electron chi connectivity index (χ2n) is 5.30. The second kappa shape index (κ2) is 6.57. The Morgan fingerprint density at radius 2 is 1.87 bits per heavy atom. The minimum atomic E-state index is -0.106. The lowest BCUT2D eigenvalue weighted by Crippen LogP contribution is -2.26. The highest BCUT2D eigenvalue weighted by Crippen LogP contribution is 2.22. The van der Waals surface area contributed by atoms with E-state index in [9.17, 15) is 4.79 Å². The fourth-order valence-corrected chi connectivity index (χ4v) is 2.92. The quantitative estimate of drug-likeness (QED) is 0.638. The summed E-state index contributed by atoms with van der Waals surface area (Å²) >= 11 is 12.0. The van der Waals surface area contributed by atoms with Gasteiger partial charge >= 0.3 is 0 Å². The Balaban J connectivity index is 1.93. The van der Waals surface area contributed by atoms with Crippen molar-refractivity contribution in [1.82, 2.24) is 9.88 Å². The zero-order valence-corrected chi connectivity index (χ0v) is 14.0. The summed E-state index contributed by atoms with van der Waals surface area (Å²) in [4.78, 5) is 18.7.